The number of aryl methyl sites for hydroxylation is 1. The summed E-state index contributed by atoms with van der Waals surface area (Å²) in [5.41, 5.74) is 8.18. The molecule has 0 spiro atoms. The minimum atomic E-state index is -0.619. The van der Waals surface area contributed by atoms with Gasteiger partial charge in [0.15, 0.2) is 0 Å². The molecule has 1 unspecified atom stereocenters. The second kappa shape index (κ2) is 9.56. The van der Waals surface area contributed by atoms with Gasteiger partial charge in [0.2, 0.25) is 11.8 Å². The van der Waals surface area contributed by atoms with Crippen molar-refractivity contribution in [3.05, 3.63) is 35.4 Å². The molecular formula is C21H32ClN3O2. The largest absolute Gasteiger partial charge is 0.342 e. The summed E-state index contributed by atoms with van der Waals surface area (Å²) < 4.78 is 0. The van der Waals surface area contributed by atoms with Crippen LogP contribution in [-0.4, -0.2) is 47.8 Å². The van der Waals surface area contributed by atoms with Crippen molar-refractivity contribution in [3.63, 3.8) is 0 Å². The number of nitrogens with two attached hydrogens (primary N) is 1. The molecule has 27 heavy (non-hydrogen) atoms. The number of carbonyl (C=O) groups is 2. The van der Waals surface area contributed by atoms with E-state index in [1.54, 1.807) is 0 Å². The fourth-order valence-electron chi connectivity index (χ4n) is 3.95. The van der Waals surface area contributed by atoms with Crippen LogP contribution in [0, 0.1) is 18.8 Å². The zero-order valence-electron chi connectivity index (χ0n) is 16.4. The van der Waals surface area contributed by atoms with Crippen LogP contribution >= 0.6 is 12.4 Å². The minimum absolute atomic E-state index is 0. The van der Waals surface area contributed by atoms with E-state index in [1.165, 1.54) is 0 Å². The van der Waals surface area contributed by atoms with Gasteiger partial charge in [-0.05, 0) is 44.1 Å². The van der Waals surface area contributed by atoms with Crippen LogP contribution in [-0.2, 0) is 9.59 Å². The van der Waals surface area contributed by atoms with Crippen LogP contribution in [0.3, 0.4) is 0 Å². The number of nitrogens with zero attached hydrogens (tertiary/aromatic N) is 2. The van der Waals surface area contributed by atoms with Gasteiger partial charge in [-0.25, -0.2) is 0 Å². The summed E-state index contributed by atoms with van der Waals surface area (Å²) in [6, 6.07) is 7.18. The van der Waals surface area contributed by atoms with Crippen LogP contribution in [0.2, 0.25) is 0 Å². The van der Waals surface area contributed by atoms with Crippen LogP contribution in [0.15, 0.2) is 24.3 Å². The lowest BCUT2D eigenvalue weighted by Crippen LogP contribution is -2.48. The number of hydrogen-bond donors (Lipinski definition) is 1. The Hall–Kier alpha value is -1.59. The second-order valence-electron chi connectivity index (χ2n) is 8.00. The monoisotopic (exact) mass is 393 g/mol. The number of rotatable bonds is 3. The smallest absolute Gasteiger partial charge is 0.244 e. The van der Waals surface area contributed by atoms with Crippen molar-refractivity contribution in [2.45, 2.75) is 45.6 Å². The lowest BCUT2D eigenvalue weighted by molar-refractivity contribution is -0.142. The predicted octanol–water partition coefficient (Wildman–Crippen LogP) is 2.91. The third-order valence-corrected chi connectivity index (χ3v) is 5.95. The number of carbonyl (C=O) groups excluding carboxylic acids is 2. The number of benzene rings is 1. The van der Waals surface area contributed by atoms with E-state index >= 15 is 0 Å². The Morgan fingerprint density at radius 1 is 0.963 bits per heavy atom. The fourth-order valence-corrected chi connectivity index (χ4v) is 3.95. The maximum absolute atomic E-state index is 12.7. The van der Waals surface area contributed by atoms with E-state index in [2.05, 4.69) is 6.92 Å². The van der Waals surface area contributed by atoms with Crippen LogP contribution in [0.25, 0.3) is 0 Å². The molecule has 0 saturated carbocycles. The van der Waals surface area contributed by atoms with Gasteiger partial charge in [0, 0.05) is 32.1 Å². The molecule has 2 N–H and O–H groups in total. The highest BCUT2D eigenvalue weighted by molar-refractivity contribution is 5.85. The SMILES string of the molecule is Cc1ccc(C(N)C(=O)N2CCC(C(=O)N3CCC(C)CC3)CC2)cc1.Cl. The standard InChI is InChI=1S/C21H31N3O2.ClH/c1-15-3-5-17(6-4-15)19(22)21(26)24-13-9-18(10-14-24)20(25)23-11-7-16(2)8-12-23;/h3-6,16,18-19H,7-14,22H2,1-2H3;1H. The summed E-state index contributed by atoms with van der Waals surface area (Å²) in [4.78, 5) is 29.3. The summed E-state index contributed by atoms with van der Waals surface area (Å²) in [5, 5.41) is 0. The first-order chi connectivity index (χ1) is 12.5. The first kappa shape index (κ1) is 21.7. The molecule has 5 nitrogen and oxygen atoms in total. The quantitative estimate of drug-likeness (QED) is 0.858. The van der Waals surface area contributed by atoms with Crippen LogP contribution in [0.1, 0.15) is 49.8 Å². The Labute approximate surface area is 168 Å². The molecule has 1 aromatic rings. The highest BCUT2D eigenvalue weighted by Crippen LogP contribution is 2.25. The predicted molar refractivity (Wildman–Crippen MR) is 110 cm³/mol. The molecule has 2 amide bonds. The Morgan fingerprint density at radius 3 is 2.04 bits per heavy atom. The average Bonchev–Trinajstić information content (AvgIpc) is 2.67. The fraction of sp³-hybridized carbons (Fsp3) is 0.619. The molecule has 0 aromatic heterocycles. The molecular weight excluding hydrogens is 362 g/mol. The summed E-state index contributed by atoms with van der Waals surface area (Å²) in [6.07, 6.45) is 3.71. The zero-order chi connectivity index (χ0) is 18.7. The third kappa shape index (κ3) is 5.23. The molecule has 6 heteroatoms. The number of hydrogen-bond acceptors (Lipinski definition) is 3. The van der Waals surface area contributed by atoms with E-state index in [1.807, 2.05) is 41.0 Å². The molecule has 3 rings (SSSR count). The van der Waals surface area contributed by atoms with Crippen molar-refractivity contribution >= 4 is 24.2 Å². The van der Waals surface area contributed by atoms with E-state index in [-0.39, 0.29) is 30.1 Å². The normalized spacial score (nSPS) is 20.1. The van der Waals surface area contributed by atoms with Gasteiger partial charge in [0.25, 0.3) is 0 Å². The van der Waals surface area contributed by atoms with Crippen molar-refractivity contribution in [1.82, 2.24) is 9.80 Å². The van der Waals surface area contributed by atoms with Crippen molar-refractivity contribution in [1.29, 1.82) is 0 Å². The molecule has 2 aliphatic rings. The molecule has 2 heterocycles. The molecule has 0 bridgehead atoms. The van der Waals surface area contributed by atoms with Crippen LogP contribution < -0.4 is 5.73 Å². The molecule has 0 radical (unpaired) electrons. The van der Waals surface area contributed by atoms with Gasteiger partial charge in [-0.1, -0.05) is 36.8 Å². The summed E-state index contributed by atoms with van der Waals surface area (Å²) >= 11 is 0. The molecule has 2 fully saturated rings. The first-order valence-corrected chi connectivity index (χ1v) is 9.85. The Balaban J connectivity index is 0.00000261. The topological polar surface area (TPSA) is 66.6 Å². The highest BCUT2D eigenvalue weighted by atomic mass is 35.5. The average molecular weight is 394 g/mol. The van der Waals surface area contributed by atoms with Gasteiger partial charge in [-0.15, -0.1) is 12.4 Å². The molecule has 0 aliphatic carbocycles. The van der Waals surface area contributed by atoms with Crippen molar-refractivity contribution in [3.8, 4) is 0 Å². The van der Waals surface area contributed by atoms with Gasteiger partial charge in [0.05, 0.1) is 0 Å². The minimum Gasteiger partial charge on any atom is -0.342 e. The van der Waals surface area contributed by atoms with E-state index in [9.17, 15) is 9.59 Å². The van der Waals surface area contributed by atoms with Crippen LogP contribution in [0.4, 0.5) is 0 Å². The summed E-state index contributed by atoms with van der Waals surface area (Å²) in [5.74, 6) is 1.03. The van der Waals surface area contributed by atoms with Gasteiger partial charge >= 0.3 is 0 Å². The van der Waals surface area contributed by atoms with Crippen molar-refractivity contribution in [2.75, 3.05) is 26.2 Å². The first-order valence-electron chi connectivity index (χ1n) is 9.85. The Kier molecular flexibility index (Phi) is 7.68. The van der Waals surface area contributed by atoms with E-state index < -0.39 is 6.04 Å². The van der Waals surface area contributed by atoms with E-state index in [0.717, 1.165) is 55.8 Å². The lowest BCUT2D eigenvalue weighted by Gasteiger charge is -2.37. The second-order valence-corrected chi connectivity index (χ2v) is 8.00. The van der Waals surface area contributed by atoms with Crippen molar-refractivity contribution < 1.29 is 9.59 Å². The van der Waals surface area contributed by atoms with E-state index in [4.69, 9.17) is 5.73 Å². The maximum atomic E-state index is 12.7. The zero-order valence-corrected chi connectivity index (χ0v) is 17.2. The van der Waals surface area contributed by atoms with Gasteiger partial charge < -0.3 is 15.5 Å². The maximum Gasteiger partial charge on any atom is 0.244 e. The lowest BCUT2D eigenvalue weighted by atomic mass is 9.92. The summed E-state index contributed by atoms with van der Waals surface area (Å²) in [7, 11) is 0. The highest BCUT2D eigenvalue weighted by Gasteiger charge is 2.32. The van der Waals surface area contributed by atoms with Gasteiger partial charge in [-0.2, -0.15) is 0 Å². The molecule has 1 atom stereocenters. The number of amides is 2. The van der Waals surface area contributed by atoms with Crippen LogP contribution in [0.5, 0.6) is 0 Å². The van der Waals surface area contributed by atoms with E-state index in [0.29, 0.717) is 13.1 Å². The van der Waals surface area contributed by atoms with Gasteiger partial charge in [-0.3, -0.25) is 9.59 Å². The Bertz CT molecular complexity index is 633. The molecule has 150 valence electrons. The number of piperidine rings is 2. The van der Waals surface area contributed by atoms with Gasteiger partial charge in [0.1, 0.15) is 6.04 Å². The number of halogens is 1. The third-order valence-electron chi connectivity index (χ3n) is 5.95. The van der Waals surface area contributed by atoms with Crippen molar-refractivity contribution in [2.24, 2.45) is 17.6 Å². The Morgan fingerprint density at radius 2 is 1.48 bits per heavy atom. The molecule has 2 aliphatic heterocycles. The summed E-state index contributed by atoms with van der Waals surface area (Å²) in [6.45, 7) is 7.29. The molecule has 2 saturated heterocycles. The molecule has 1 aromatic carbocycles. The number of likely N-dealkylation sites (tertiary alicyclic amines) is 2.